The van der Waals surface area contributed by atoms with Gasteiger partial charge >= 0.3 is 0 Å². The Morgan fingerprint density at radius 1 is 1.03 bits per heavy atom. The third-order valence-corrected chi connectivity index (χ3v) is 6.55. The van der Waals surface area contributed by atoms with Gasteiger partial charge in [-0.1, -0.05) is 36.0 Å². The highest BCUT2D eigenvalue weighted by atomic mass is 32.2. The summed E-state index contributed by atoms with van der Waals surface area (Å²) in [5.74, 6) is 0.0447. The first kappa shape index (κ1) is 23.4. The van der Waals surface area contributed by atoms with E-state index < -0.39 is 5.91 Å². The van der Waals surface area contributed by atoms with Crippen LogP contribution in [0, 0.1) is 6.92 Å². The summed E-state index contributed by atoms with van der Waals surface area (Å²) < 4.78 is 3.18. The van der Waals surface area contributed by atoms with Crippen LogP contribution in [0.1, 0.15) is 22.5 Å². The molecule has 1 aliphatic heterocycles. The average Bonchev–Trinajstić information content (AvgIpc) is 3.34. The zero-order valence-electron chi connectivity index (χ0n) is 18.9. The summed E-state index contributed by atoms with van der Waals surface area (Å²) in [5, 5.41) is 5.48. The number of carbonyl (C=O) groups is 3. The maximum atomic E-state index is 13.0. The average molecular weight is 480 g/mol. The first-order valence-corrected chi connectivity index (χ1v) is 11.8. The lowest BCUT2D eigenvalue weighted by Gasteiger charge is -2.14. The molecule has 4 rings (SSSR count). The number of benzene rings is 2. The Bertz CT molecular complexity index is 1300. The fourth-order valence-electron chi connectivity index (χ4n) is 3.72. The van der Waals surface area contributed by atoms with Crippen LogP contribution in [-0.4, -0.2) is 50.2 Å². The molecule has 0 radical (unpaired) electrons. The molecule has 0 saturated carbocycles. The molecule has 0 spiro atoms. The van der Waals surface area contributed by atoms with Crippen molar-refractivity contribution in [1.82, 2.24) is 14.3 Å². The number of hydrogen-bond donors (Lipinski definition) is 2. The topological polar surface area (TPSA) is 105 Å². The molecule has 3 amide bonds. The van der Waals surface area contributed by atoms with E-state index in [1.165, 1.54) is 16.4 Å². The van der Waals surface area contributed by atoms with Crippen LogP contribution >= 0.6 is 11.8 Å². The predicted octanol–water partition coefficient (Wildman–Crippen LogP) is 3.23. The van der Waals surface area contributed by atoms with Crippen LogP contribution in [0.3, 0.4) is 0 Å². The van der Waals surface area contributed by atoms with Gasteiger partial charge in [0.2, 0.25) is 5.91 Å². The van der Waals surface area contributed by atoms with Crippen molar-refractivity contribution >= 4 is 40.2 Å². The smallest absolute Gasteiger partial charge is 0.295 e. The van der Waals surface area contributed by atoms with E-state index in [1.807, 2.05) is 30.3 Å². The predicted molar refractivity (Wildman–Crippen MR) is 133 cm³/mol. The number of para-hydroxylation sites is 1. The van der Waals surface area contributed by atoms with Crippen molar-refractivity contribution in [2.45, 2.75) is 13.3 Å². The van der Waals surface area contributed by atoms with E-state index in [2.05, 4.69) is 10.6 Å². The zero-order chi connectivity index (χ0) is 24.2. The molecular formula is C24H25N5O4S. The molecule has 2 N–H and O–H groups in total. The molecule has 0 atom stereocenters. The Balaban J connectivity index is 1.45. The first-order valence-electron chi connectivity index (χ1n) is 10.8. The number of amides is 3. The van der Waals surface area contributed by atoms with Crippen molar-refractivity contribution in [1.29, 1.82) is 0 Å². The molecule has 1 saturated heterocycles. The normalized spacial score (nSPS) is 13.2. The first-order chi connectivity index (χ1) is 16.3. The second-order valence-electron chi connectivity index (χ2n) is 7.87. The Kier molecular flexibility index (Phi) is 6.87. The van der Waals surface area contributed by atoms with Crippen molar-refractivity contribution in [2.75, 3.05) is 29.5 Å². The SMILES string of the molecule is Cc1c(NC(=O)c2cccc(NC(=O)CCN3CCSC3=O)c2)c(=O)n(-c2ccccc2)n1C. The van der Waals surface area contributed by atoms with E-state index in [1.54, 1.807) is 47.8 Å². The number of nitrogens with one attached hydrogen (secondary N) is 2. The Labute approximate surface area is 200 Å². The molecule has 34 heavy (non-hydrogen) atoms. The van der Waals surface area contributed by atoms with E-state index in [0.717, 1.165) is 5.75 Å². The molecule has 2 heterocycles. The second kappa shape index (κ2) is 10.0. The summed E-state index contributed by atoms with van der Waals surface area (Å²) in [6.07, 6.45) is 0.172. The number of aromatic nitrogens is 2. The lowest BCUT2D eigenvalue weighted by atomic mass is 10.1. The van der Waals surface area contributed by atoms with E-state index in [-0.39, 0.29) is 28.8 Å². The molecule has 2 aromatic carbocycles. The van der Waals surface area contributed by atoms with Crippen LogP contribution < -0.4 is 16.2 Å². The highest BCUT2D eigenvalue weighted by Gasteiger charge is 2.22. The minimum absolute atomic E-state index is 0.00555. The Morgan fingerprint density at radius 2 is 1.79 bits per heavy atom. The fourth-order valence-corrected chi connectivity index (χ4v) is 4.58. The van der Waals surface area contributed by atoms with Crippen molar-refractivity contribution in [2.24, 2.45) is 7.05 Å². The van der Waals surface area contributed by atoms with Crippen LogP contribution in [0.4, 0.5) is 16.2 Å². The Morgan fingerprint density at radius 3 is 2.50 bits per heavy atom. The molecule has 9 nitrogen and oxygen atoms in total. The van der Waals surface area contributed by atoms with Crippen molar-refractivity contribution < 1.29 is 14.4 Å². The second-order valence-corrected chi connectivity index (χ2v) is 8.92. The molecule has 0 unspecified atom stereocenters. The third kappa shape index (κ3) is 4.91. The summed E-state index contributed by atoms with van der Waals surface area (Å²) in [6.45, 7) is 2.77. The minimum Gasteiger partial charge on any atom is -0.332 e. The van der Waals surface area contributed by atoms with Crippen molar-refractivity contribution in [3.8, 4) is 5.69 Å². The van der Waals surface area contributed by atoms with Crippen molar-refractivity contribution in [3.63, 3.8) is 0 Å². The van der Waals surface area contributed by atoms with Gasteiger partial charge in [-0.3, -0.25) is 23.9 Å². The quantitative estimate of drug-likeness (QED) is 0.541. The van der Waals surface area contributed by atoms with Gasteiger partial charge in [-0.15, -0.1) is 0 Å². The van der Waals surface area contributed by atoms with Crippen LogP contribution in [0.25, 0.3) is 5.69 Å². The lowest BCUT2D eigenvalue weighted by molar-refractivity contribution is -0.116. The summed E-state index contributed by atoms with van der Waals surface area (Å²) >= 11 is 1.26. The Hall–Kier alpha value is -3.79. The van der Waals surface area contributed by atoms with Crippen LogP contribution in [0.15, 0.2) is 59.4 Å². The van der Waals surface area contributed by atoms with Gasteiger partial charge in [0.15, 0.2) is 0 Å². The number of anilines is 2. The van der Waals surface area contributed by atoms with Gasteiger partial charge in [-0.05, 0) is 37.3 Å². The van der Waals surface area contributed by atoms with Gasteiger partial charge in [-0.25, -0.2) is 4.68 Å². The molecule has 10 heteroatoms. The van der Waals surface area contributed by atoms with Gasteiger partial charge < -0.3 is 15.5 Å². The van der Waals surface area contributed by atoms with E-state index in [4.69, 9.17) is 0 Å². The number of carbonyl (C=O) groups excluding carboxylic acids is 3. The summed E-state index contributed by atoms with van der Waals surface area (Å²) in [4.78, 5) is 51.6. The van der Waals surface area contributed by atoms with Crippen LogP contribution in [-0.2, 0) is 11.8 Å². The molecule has 1 aliphatic rings. The van der Waals surface area contributed by atoms with E-state index >= 15 is 0 Å². The molecule has 0 aliphatic carbocycles. The lowest BCUT2D eigenvalue weighted by Crippen LogP contribution is -2.27. The van der Waals surface area contributed by atoms with E-state index in [0.29, 0.717) is 35.7 Å². The van der Waals surface area contributed by atoms with Crippen LogP contribution in [0.5, 0.6) is 0 Å². The highest BCUT2D eigenvalue weighted by molar-refractivity contribution is 8.13. The number of hydrogen-bond acceptors (Lipinski definition) is 5. The number of thioether (sulfide) groups is 1. The number of nitrogens with zero attached hydrogens (tertiary/aromatic N) is 3. The van der Waals surface area contributed by atoms with Crippen molar-refractivity contribution in [3.05, 3.63) is 76.2 Å². The molecule has 1 fully saturated rings. The maximum absolute atomic E-state index is 13.0. The van der Waals surface area contributed by atoms with Gasteiger partial charge in [0.1, 0.15) is 5.69 Å². The van der Waals surface area contributed by atoms with Gasteiger partial charge in [0.25, 0.3) is 16.7 Å². The summed E-state index contributed by atoms with van der Waals surface area (Å²) in [6, 6.07) is 15.7. The molecule has 176 valence electrons. The molecule has 3 aromatic rings. The van der Waals surface area contributed by atoms with Gasteiger partial charge in [-0.2, -0.15) is 0 Å². The number of rotatable bonds is 7. The van der Waals surface area contributed by atoms with Gasteiger partial charge in [0, 0.05) is 43.6 Å². The summed E-state index contributed by atoms with van der Waals surface area (Å²) in [7, 11) is 1.75. The zero-order valence-corrected chi connectivity index (χ0v) is 19.7. The van der Waals surface area contributed by atoms with E-state index in [9.17, 15) is 19.2 Å². The fraction of sp³-hybridized carbons (Fsp3) is 0.250. The monoisotopic (exact) mass is 479 g/mol. The molecule has 0 bridgehead atoms. The standard InChI is InChI=1S/C24H25N5O4S/c1-16-21(23(32)29(27(16)2)19-9-4-3-5-10-19)26-22(31)17-7-6-8-18(15-17)25-20(30)11-12-28-13-14-34-24(28)33/h3-10,15H,11-14H2,1-2H3,(H,25,30)(H,26,31). The maximum Gasteiger partial charge on any atom is 0.295 e. The van der Waals surface area contributed by atoms with Crippen LogP contribution in [0.2, 0.25) is 0 Å². The summed E-state index contributed by atoms with van der Waals surface area (Å²) in [5.41, 5.74) is 1.93. The highest BCUT2D eigenvalue weighted by Crippen LogP contribution is 2.19. The molecular weight excluding hydrogens is 454 g/mol. The minimum atomic E-state index is -0.457. The largest absolute Gasteiger partial charge is 0.332 e. The van der Waals surface area contributed by atoms with Gasteiger partial charge in [0.05, 0.1) is 11.4 Å². The molecule has 1 aromatic heterocycles. The third-order valence-electron chi connectivity index (χ3n) is 5.65.